The van der Waals surface area contributed by atoms with Gasteiger partial charge in [-0.3, -0.25) is 0 Å². The maximum Gasteiger partial charge on any atom is 0.205 e. The third kappa shape index (κ3) is 3.73. The highest BCUT2D eigenvalue weighted by Crippen LogP contribution is 2.22. The van der Waals surface area contributed by atoms with E-state index in [0.717, 1.165) is 57.3 Å². The number of nitrogens with zero attached hydrogens (tertiary/aromatic N) is 3. The van der Waals surface area contributed by atoms with Gasteiger partial charge in [0.2, 0.25) is 5.95 Å². The second kappa shape index (κ2) is 7.09. The second-order valence-electron chi connectivity index (χ2n) is 5.80. The highest BCUT2D eigenvalue weighted by molar-refractivity contribution is 5.34. The van der Waals surface area contributed by atoms with Crippen LogP contribution in [0.4, 0.5) is 5.95 Å². The number of nitrogens with two attached hydrogens (primary N) is 1. The van der Waals surface area contributed by atoms with Gasteiger partial charge in [0.05, 0.1) is 5.69 Å². The Morgan fingerprint density at radius 2 is 2.30 bits per heavy atom. The zero-order chi connectivity index (χ0) is 14.5. The molecule has 2 atom stereocenters. The summed E-state index contributed by atoms with van der Waals surface area (Å²) in [6.07, 6.45) is 4.30. The lowest BCUT2D eigenvalue weighted by atomic mass is 9.94. The smallest absolute Gasteiger partial charge is 0.205 e. The largest absolute Gasteiger partial charge is 0.382 e. The lowest BCUT2D eigenvalue weighted by molar-refractivity contribution is 0.141. The fourth-order valence-corrected chi connectivity index (χ4v) is 2.71. The molecular weight excluding hydrogens is 252 g/mol. The third-order valence-electron chi connectivity index (χ3n) is 4.07. The van der Waals surface area contributed by atoms with Crippen molar-refractivity contribution in [1.29, 1.82) is 0 Å². The first-order valence-corrected chi connectivity index (χ1v) is 7.73. The first kappa shape index (κ1) is 15.3. The minimum Gasteiger partial charge on any atom is -0.382 e. The number of hydrogen-bond acceptors (Lipinski definition) is 4. The van der Waals surface area contributed by atoms with Gasteiger partial charge < -0.3 is 19.9 Å². The number of anilines is 1. The van der Waals surface area contributed by atoms with Crippen LogP contribution in [0.2, 0.25) is 0 Å². The number of aromatic nitrogens is 2. The molecule has 2 heterocycles. The molecule has 2 N–H and O–H groups in total. The van der Waals surface area contributed by atoms with Crippen LogP contribution in [-0.4, -0.2) is 41.9 Å². The van der Waals surface area contributed by atoms with Gasteiger partial charge in [0.1, 0.15) is 0 Å². The molecule has 1 aromatic heterocycles. The molecule has 114 valence electrons. The summed E-state index contributed by atoms with van der Waals surface area (Å²) in [5.41, 5.74) is 7.28. The molecule has 20 heavy (non-hydrogen) atoms. The van der Waals surface area contributed by atoms with E-state index in [-0.39, 0.29) is 6.04 Å². The number of aryl methyl sites for hydroxylation is 2. The molecule has 5 heteroatoms. The Balaban J connectivity index is 2.00. The summed E-state index contributed by atoms with van der Waals surface area (Å²) >= 11 is 0. The van der Waals surface area contributed by atoms with E-state index in [9.17, 15) is 0 Å². The average molecular weight is 280 g/mol. The summed E-state index contributed by atoms with van der Waals surface area (Å²) in [6, 6.07) is 0.248. The molecule has 1 aliphatic rings. The molecule has 1 saturated heterocycles. The topological polar surface area (TPSA) is 56.3 Å². The predicted molar refractivity (Wildman–Crippen MR) is 82.0 cm³/mol. The predicted octanol–water partition coefficient (Wildman–Crippen LogP) is 1.79. The number of hydrogen-bond donors (Lipinski definition) is 1. The maximum atomic E-state index is 6.20. The Bertz CT molecular complexity index is 418. The van der Waals surface area contributed by atoms with Crippen molar-refractivity contribution >= 4 is 5.95 Å². The van der Waals surface area contributed by atoms with Crippen LogP contribution in [0.15, 0.2) is 6.20 Å². The van der Waals surface area contributed by atoms with Crippen LogP contribution in [0.3, 0.4) is 0 Å². The normalized spacial score (nSPS) is 23.3. The van der Waals surface area contributed by atoms with Crippen molar-refractivity contribution in [2.45, 2.75) is 46.2 Å². The number of piperidine rings is 1. The first-order valence-electron chi connectivity index (χ1n) is 7.73. The van der Waals surface area contributed by atoms with E-state index in [1.54, 1.807) is 0 Å². The SMILES string of the molecule is CCOCCCn1cc(C)nc1N1CCC(C)C(N)C1. The van der Waals surface area contributed by atoms with E-state index in [1.165, 1.54) is 0 Å². The maximum absolute atomic E-state index is 6.20. The molecule has 1 aliphatic heterocycles. The second-order valence-corrected chi connectivity index (χ2v) is 5.80. The number of imidazole rings is 1. The Morgan fingerprint density at radius 1 is 1.50 bits per heavy atom. The molecule has 0 amide bonds. The van der Waals surface area contributed by atoms with Gasteiger partial charge in [-0.2, -0.15) is 0 Å². The summed E-state index contributed by atoms with van der Waals surface area (Å²) in [6.45, 7) is 10.8. The number of rotatable bonds is 6. The lowest BCUT2D eigenvalue weighted by Gasteiger charge is -2.35. The molecule has 0 bridgehead atoms. The molecule has 0 saturated carbocycles. The van der Waals surface area contributed by atoms with E-state index in [2.05, 4.69) is 34.5 Å². The molecule has 5 nitrogen and oxygen atoms in total. The van der Waals surface area contributed by atoms with Crippen molar-refractivity contribution in [2.24, 2.45) is 11.7 Å². The monoisotopic (exact) mass is 280 g/mol. The van der Waals surface area contributed by atoms with Gasteiger partial charge in [-0.15, -0.1) is 0 Å². The zero-order valence-electron chi connectivity index (χ0n) is 13.0. The van der Waals surface area contributed by atoms with Gasteiger partial charge in [0.15, 0.2) is 0 Å². The van der Waals surface area contributed by atoms with Crippen molar-refractivity contribution < 1.29 is 4.74 Å². The molecule has 0 spiro atoms. The fourth-order valence-electron chi connectivity index (χ4n) is 2.71. The summed E-state index contributed by atoms with van der Waals surface area (Å²) in [5.74, 6) is 1.68. The van der Waals surface area contributed by atoms with Crippen LogP contribution < -0.4 is 10.6 Å². The molecule has 0 aliphatic carbocycles. The quantitative estimate of drug-likeness (QED) is 0.807. The fraction of sp³-hybridized carbons (Fsp3) is 0.800. The van der Waals surface area contributed by atoms with E-state index < -0.39 is 0 Å². The lowest BCUT2D eigenvalue weighted by Crippen LogP contribution is -2.48. The molecule has 0 aromatic carbocycles. The highest BCUT2D eigenvalue weighted by atomic mass is 16.5. The molecule has 2 rings (SSSR count). The zero-order valence-corrected chi connectivity index (χ0v) is 13.0. The van der Waals surface area contributed by atoms with Gasteiger partial charge in [-0.1, -0.05) is 6.92 Å². The van der Waals surface area contributed by atoms with E-state index in [0.29, 0.717) is 5.92 Å². The molecule has 1 fully saturated rings. The van der Waals surface area contributed by atoms with Crippen LogP contribution in [-0.2, 0) is 11.3 Å². The minimum atomic E-state index is 0.248. The highest BCUT2D eigenvalue weighted by Gasteiger charge is 2.25. The summed E-state index contributed by atoms with van der Waals surface area (Å²) in [4.78, 5) is 7.02. The van der Waals surface area contributed by atoms with Crippen molar-refractivity contribution in [2.75, 3.05) is 31.2 Å². The van der Waals surface area contributed by atoms with Gasteiger partial charge in [-0.25, -0.2) is 4.98 Å². The standard InChI is InChI=1S/C15H28N4O/c1-4-20-9-5-7-18-10-13(3)17-15(18)19-8-6-12(2)14(16)11-19/h10,12,14H,4-9,11,16H2,1-3H3. The average Bonchev–Trinajstić information content (AvgIpc) is 2.79. The van der Waals surface area contributed by atoms with E-state index in [4.69, 9.17) is 10.5 Å². The van der Waals surface area contributed by atoms with Crippen LogP contribution >= 0.6 is 0 Å². The van der Waals surface area contributed by atoms with E-state index in [1.807, 2.05) is 6.92 Å². The molecule has 0 radical (unpaired) electrons. The van der Waals surface area contributed by atoms with Crippen LogP contribution in [0.5, 0.6) is 0 Å². The Kier molecular flexibility index (Phi) is 5.43. The molecule has 1 aromatic rings. The molecular formula is C15H28N4O. The first-order chi connectivity index (χ1) is 9.61. The minimum absolute atomic E-state index is 0.248. The van der Waals surface area contributed by atoms with Crippen molar-refractivity contribution in [1.82, 2.24) is 9.55 Å². The van der Waals surface area contributed by atoms with Crippen molar-refractivity contribution in [3.63, 3.8) is 0 Å². The summed E-state index contributed by atoms with van der Waals surface area (Å²) in [5, 5.41) is 0. The van der Waals surface area contributed by atoms with Crippen LogP contribution in [0.1, 0.15) is 32.4 Å². The third-order valence-corrected chi connectivity index (χ3v) is 4.07. The summed E-state index contributed by atoms with van der Waals surface area (Å²) in [7, 11) is 0. The van der Waals surface area contributed by atoms with Gasteiger partial charge >= 0.3 is 0 Å². The Labute approximate surface area is 122 Å². The van der Waals surface area contributed by atoms with Crippen LogP contribution in [0.25, 0.3) is 0 Å². The van der Waals surface area contributed by atoms with Crippen molar-refractivity contribution in [3.8, 4) is 0 Å². The summed E-state index contributed by atoms with van der Waals surface area (Å²) < 4.78 is 7.66. The Morgan fingerprint density at radius 3 is 3.00 bits per heavy atom. The van der Waals surface area contributed by atoms with Gasteiger partial charge in [-0.05, 0) is 32.6 Å². The van der Waals surface area contributed by atoms with Crippen LogP contribution in [0, 0.1) is 12.8 Å². The Hall–Kier alpha value is -1.07. The van der Waals surface area contributed by atoms with E-state index >= 15 is 0 Å². The number of ether oxygens (including phenoxy) is 1. The van der Waals surface area contributed by atoms with Crippen molar-refractivity contribution in [3.05, 3.63) is 11.9 Å². The van der Waals surface area contributed by atoms with Gasteiger partial charge in [0.25, 0.3) is 0 Å². The molecule has 2 unspecified atom stereocenters. The van der Waals surface area contributed by atoms with Gasteiger partial charge in [0, 0.05) is 45.1 Å².